The Hall–Kier alpha value is -4.37. The van der Waals surface area contributed by atoms with E-state index in [-0.39, 0.29) is 6.04 Å². The van der Waals surface area contributed by atoms with Crippen molar-refractivity contribution in [3.63, 3.8) is 0 Å². The van der Waals surface area contributed by atoms with Crippen LogP contribution in [0.1, 0.15) is 23.2 Å². The van der Waals surface area contributed by atoms with E-state index in [4.69, 9.17) is 10.2 Å². The van der Waals surface area contributed by atoms with Crippen LogP contribution in [-0.4, -0.2) is 0 Å². The van der Waals surface area contributed by atoms with E-state index in [2.05, 4.69) is 47.4 Å². The maximum atomic E-state index is 16.0. The summed E-state index contributed by atoms with van der Waals surface area (Å²) in [5.74, 6) is 0. The molecule has 3 aliphatic rings. The van der Waals surface area contributed by atoms with Crippen molar-refractivity contribution >= 4 is 29.1 Å². The largest absolute Gasteiger partial charge is 0.309 e. The van der Waals surface area contributed by atoms with Crippen LogP contribution in [0.25, 0.3) is 0 Å². The van der Waals surface area contributed by atoms with Gasteiger partial charge >= 0.3 is 0 Å². The lowest BCUT2D eigenvalue weighted by Crippen LogP contribution is -2.34. The van der Waals surface area contributed by atoms with Gasteiger partial charge in [0.15, 0.2) is 24.6 Å². The van der Waals surface area contributed by atoms with Crippen LogP contribution in [0.3, 0.4) is 0 Å². The Morgan fingerprint density at radius 1 is 0.487 bits per heavy atom. The molecule has 1 aliphatic carbocycles. The van der Waals surface area contributed by atoms with Crippen molar-refractivity contribution in [1.82, 2.24) is 4.90 Å². The fourth-order valence-electron chi connectivity index (χ4n) is 5.81. The summed E-state index contributed by atoms with van der Waals surface area (Å²) >= 11 is 0. The first-order valence-electron chi connectivity index (χ1n) is 13.1. The summed E-state index contributed by atoms with van der Waals surface area (Å²) in [6.45, 7) is 0. The third kappa shape index (κ3) is 3.84. The second-order valence-corrected chi connectivity index (χ2v) is 12.5. The fraction of sp³-hybridized carbons (Fsp3) is 0.0588. The molecule has 0 aromatic heterocycles. The molecular formula is C34H26N3OP+. The van der Waals surface area contributed by atoms with E-state index >= 15 is 4.57 Å². The summed E-state index contributed by atoms with van der Waals surface area (Å²) in [7, 11) is -3.36. The van der Waals surface area contributed by atoms with Gasteiger partial charge in [-0.3, -0.25) is 0 Å². The van der Waals surface area contributed by atoms with Gasteiger partial charge < -0.3 is 4.57 Å². The average Bonchev–Trinajstić information content (AvgIpc) is 3.03. The van der Waals surface area contributed by atoms with E-state index in [9.17, 15) is 0 Å². The topological polar surface area (TPSA) is 47.7 Å². The maximum Gasteiger partial charge on any atom is 0.209 e. The molecule has 2 unspecified atom stereocenters. The second-order valence-electron chi connectivity index (χ2n) is 9.72. The van der Waals surface area contributed by atoms with E-state index in [0.29, 0.717) is 0 Å². The first-order valence-corrected chi connectivity index (χ1v) is 14.8. The Morgan fingerprint density at radius 3 is 1.36 bits per heavy atom. The van der Waals surface area contributed by atoms with Gasteiger partial charge in [0.1, 0.15) is 6.04 Å². The summed E-state index contributed by atoms with van der Waals surface area (Å²) in [5.41, 5.74) is 5.08. The fourth-order valence-corrected chi connectivity index (χ4v) is 8.92. The molecule has 0 N–H and O–H groups in total. The second kappa shape index (κ2) is 9.74. The highest BCUT2D eigenvalue weighted by molar-refractivity contribution is 7.82. The maximum absolute atomic E-state index is 16.0. The lowest BCUT2D eigenvalue weighted by molar-refractivity contribution is 0.536. The number of nitrogens with zero attached hydrogens (tertiary/aromatic N) is 3. The quantitative estimate of drug-likeness (QED) is 0.163. The molecule has 5 aromatic rings. The number of hydrogen-bond donors (Lipinski definition) is 0. The minimum atomic E-state index is -3.36. The standard InChI is InChI=1S/C34H26N3OP/c38-39(27-19-9-3-10-20-27,28-21-11-4-12-22-28)34-32-30-24-14-13-23-29(30)31(35-36-32)33(34)37(25-15-5-1-6-16-25)26-17-7-2-8-18-26/h1-24,31-32H/q+1. The van der Waals surface area contributed by atoms with Crippen molar-refractivity contribution in [2.24, 2.45) is 10.2 Å². The Labute approximate surface area is 228 Å². The first-order chi connectivity index (χ1) is 19.3. The molecule has 187 valence electrons. The number of rotatable bonds is 6. The van der Waals surface area contributed by atoms with Crippen LogP contribution in [0.5, 0.6) is 0 Å². The lowest BCUT2D eigenvalue weighted by atomic mass is 9.85. The Morgan fingerprint density at radius 2 is 0.872 bits per heavy atom. The highest BCUT2D eigenvalue weighted by Gasteiger charge is 2.54. The minimum absolute atomic E-state index is 0.387. The van der Waals surface area contributed by atoms with Gasteiger partial charge in [-0.05, 0) is 11.1 Å². The third-order valence-electron chi connectivity index (χ3n) is 7.51. The van der Waals surface area contributed by atoms with Crippen LogP contribution < -0.4 is 15.5 Å². The van der Waals surface area contributed by atoms with Crippen molar-refractivity contribution in [3.8, 4) is 0 Å². The molecule has 0 saturated heterocycles. The number of para-hydroxylation sites is 2. The van der Waals surface area contributed by atoms with Crippen molar-refractivity contribution in [3.05, 3.63) is 168 Å². The molecule has 2 aliphatic heterocycles. The highest BCUT2D eigenvalue weighted by Crippen LogP contribution is 2.65. The zero-order valence-electron chi connectivity index (χ0n) is 21.2. The van der Waals surface area contributed by atoms with Crippen LogP contribution in [0.2, 0.25) is 0 Å². The SMILES string of the molecule is O=P(C1=C([N+](c2ccccc2)c2ccccc2)C2N=NC1c1ccccc12)(c1ccccc1)c1ccccc1. The van der Waals surface area contributed by atoms with E-state index in [1.54, 1.807) is 0 Å². The van der Waals surface area contributed by atoms with Gasteiger partial charge in [0, 0.05) is 34.9 Å². The summed E-state index contributed by atoms with van der Waals surface area (Å²) in [6, 6.07) is 47.8. The molecule has 5 aromatic carbocycles. The molecule has 4 nitrogen and oxygen atoms in total. The molecular weight excluding hydrogens is 497 g/mol. The number of azo groups is 1. The molecule has 0 amide bonds. The lowest BCUT2D eigenvalue weighted by Gasteiger charge is -2.37. The van der Waals surface area contributed by atoms with Crippen molar-refractivity contribution in [1.29, 1.82) is 0 Å². The van der Waals surface area contributed by atoms with E-state index in [1.165, 1.54) is 0 Å². The third-order valence-corrected chi connectivity index (χ3v) is 10.7. The molecule has 5 heteroatoms. The monoisotopic (exact) mass is 523 g/mol. The summed E-state index contributed by atoms with van der Waals surface area (Å²) in [6.07, 6.45) is 0. The highest BCUT2D eigenvalue weighted by atomic mass is 31.2. The smallest absolute Gasteiger partial charge is 0.209 e. The van der Waals surface area contributed by atoms with Crippen molar-refractivity contribution < 1.29 is 4.57 Å². The van der Waals surface area contributed by atoms with Gasteiger partial charge in [-0.2, -0.15) is 10.2 Å². The zero-order chi connectivity index (χ0) is 26.2. The predicted molar refractivity (Wildman–Crippen MR) is 158 cm³/mol. The molecule has 8 rings (SSSR count). The normalized spacial score (nSPS) is 17.9. The van der Waals surface area contributed by atoms with Crippen LogP contribution in [-0.2, 0) is 4.57 Å². The molecule has 2 atom stereocenters. The van der Waals surface area contributed by atoms with Gasteiger partial charge in [0.2, 0.25) is 5.70 Å². The number of benzene rings is 5. The van der Waals surface area contributed by atoms with E-state index < -0.39 is 13.2 Å². The molecule has 39 heavy (non-hydrogen) atoms. The predicted octanol–water partition coefficient (Wildman–Crippen LogP) is 8.28. The van der Waals surface area contributed by atoms with Gasteiger partial charge in [0.05, 0.1) is 5.31 Å². The van der Waals surface area contributed by atoms with Crippen LogP contribution in [0, 0.1) is 0 Å². The number of hydrogen-bond acceptors (Lipinski definition) is 4. The van der Waals surface area contributed by atoms with Crippen molar-refractivity contribution in [2.75, 3.05) is 0 Å². The Kier molecular flexibility index (Phi) is 5.93. The van der Waals surface area contributed by atoms with E-state index in [1.807, 2.05) is 103 Å². The molecule has 0 saturated carbocycles. The Bertz CT molecular complexity index is 1650. The van der Waals surface area contributed by atoms with Gasteiger partial charge in [-0.25, -0.2) is 0 Å². The first kappa shape index (κ1) is 23.7. The summed E-state index contributed by atoms with van der Waals surface area (Å²) in [5, 5.41) is 12.1. The van der Waals surface area contributed by atoms with Crippen LogP contribution in [0.4, 0.5) is 11.4 Å². The molecule has 2 bridgehead atoms. The molecule has 1 radical (unpaired) electrons. The zero-order valence-corrected chi connectivity index (χ0v) is 22.1. The van der Waals surface area contributed by atoms with Crippen molar-refractivity contribution in [2.45, 2.75) is 12.1 Å². The molecule has 2 heterocycles. The minimum Gasteiger partial charge on any atom is -0.309 e. The summed E-state index contributed by atoms with van der Waals surface area (Å²) in [4.78, 5) is 2.24. The van der Waals surface area contributed by atoms with Gasteiger partial charge in [0.25, 0.3) is 0 Å². The van der Waals surface area contributed by atoms with Crippen LogP contribution in [0.15, 0.2) is 167 Å². The summed E-state index contributed by atoms with van der Waals surface area (Å²) < 4.78 is 16.0. The molecule has 0 spiro atoms. The van der Waals surface area contributed by atoms with Gasteiger partial charge in [-0.1, -0.05) is 126 Å². The van der Waals surface area contributed by atoms with E-state index in [0.717, 1.165) is 44.1 Å². The number of anilines is 2. The van der Waals surface area contributed by atoms with Crippen LogP contribution >= 0.6 is 7.14 Å². The average molecular weight is 524 g/mol. The Balaban J connectivity index is 1.61. The van der Waals surface area contributed by atoms with Gasteiger partial charge in [-0.15, -0.1) is 0 Å². The molecule has 0 fully saturated rings.